The third-order valence-corrected chi connectivity index (χ3v) is 8.61. The molecular formula is C27H31Cl2F3N4O2. The van der Waals surface area contributed by atoms with Crippen molar-refractivity contribution in [1.82, 2.24) is 20.4 Å². The van der Waals surface area contributed by atoms with Crippen molar-refractivity contribution >= 4 is 35.0 Å². The highest BCUT2D eigenvalue weighted by Crippen LogP contribution is 2.39. The van der Waals surface area contributed by atoms with Crippen molar-refractivity contribution in [3.05, 3.63) is 69.2 Å². The summed E-state index contributed by atoms with van der Waals surface area (Å²) in [5.74, 6) is -1.90. The molecule has 6 nitrogen and oxygen atoms in total. The normalized spacial score (nSPS) is 19.0. The zero-order valence-corrected chi connectivity index (χ0v) is 22.8. The predicted molar refractivity (Wildman–Crippen MR) is 141 cm³/mol. The molecular weight excluding hydrogens is 540 g/mol. The molecule has 4 rings (SSSR count). The molecule has 2 aliphatic heterocycles. The van der Waals surface area contributed by atoms with Gasteiger partial charge in [-0.1, -0.05) is 53.5 Å². The first-order valence-corrected chi connectivity index (χ1v) is 13.2. The van der Waals surface area contributed by atoms with Gasteiger partial charge in [0.05, 0.1) is 27.5 Å². The maximum Gasteiger partial charge on any atom is 0.471 e. The zero-order chi connectivity index (χ0) is 27.7. The molecule has 0 saturated carbocycles. The minimum atomic E-state index is -4.98. The van der Waals surface area contributed by atoms with Gasteiger partial charge in [-0.3, -0.25) is 9.59 Å². The average molecular weight is 571 g/mol. The first-order chi connectivity index (χ1) is 17.9. The molecule has 0 aromatic heterocycles. The van der Waals surface area contributed by atoms with Crippen LogP contribution in [-0.2, 0) is 27.1 Å². The second-order valence-corrected chi connectivity index (χ2v) is 11.0. The van der Waals surface area contributed by atoms with E-state index in [2.05, 4.69) is 21.6 Å². The molecule has 1 spiro atoms. The van der Waals surface area contributed by atoms with E-state index in [1.54, 1.807) is 25.2 Å². The van der Waals surface area contributed by atoms with Gasteiger partial charge in [-0.2, -0.15) is 13.2 Å². The lowest BCUT2D eigenvalue weighted by molar-refractivity contribution is -0.185. The number of halogens is 5. The Morgan fingerprint density at radius 3 is 2.45 bits per heavy atom. The van der Waals surface area contributed by atoms with E-state index in [1.807, 2.05) is 18.2 Å². The van der Waals surface area contributed by atoms with Gasteiger partial charge in [0.15, 0.2) is 0 Å². The molecule has 2 amide bonds. The number of nitrogens with zero attached hydrogens (tertiary/aromatic N) is 2. The van der Waals surface area contributed by atoms with Crippen molar-refractivity contribution in [2.45, 2.75) is 42.9 Å². The Bertz CT molecular complexity index is 1200. The Balaban J connectivity index is 1.53. The summed E-state index contributed by atoms with van der Waals surface area (Å²) < 4.78 is 39.6. The quantitative estimate of drug-likeness (QED) is 0.515. The number of likely N-dealkylation sites (N-methyl/N-ethyl adjacent to an activating group) is 2. The van der Waals surface area contributed by atoms with E-state index in [9.17, 15) is 22.8 Å². The monoisotopic (exact) mass is 570 g/mol. The molecule has 2 heterocycles. The standard InChI is InChI=1S/C27H31Cl2F3N4O2/c1-33-26(17-35(2)24(38)27(30,31)32,19-7-8-21(28)22(29)16-19)11-14-36-12-9-25(10-13-36)20-6-4-3-5-18(20)15-23(37)34-25/h3-8,16,33H,9-15,17H2,1-2H3,(H,34,37). The highest BCUT2D eigenvalue weighted by molar-refractivity contribution is 6.42. The molecule has 0 radical (unpaired) electrons. The number of nitrogens with one attached hydrogen (secondary N) is 2. The fourth-order valence-corrected chi connectivity index (χ4v) is 6.04. The number of amides is 2. The van der Waals surface area contributed by atoms with Gasteiger partial charge in [-0.05, 0) is 55.1 Å². The molecule has 2 aliphatic rings. The highest BCUT2D eigenvalue weighted by atomic mass is 35.5. The summed E-state index contributed by atoms with van der Waals surface area (Å²) in [6.45, 7) is 1.74. The van der Waals surface area contributed by atoms with Gasteiger partial charge in [0.1, 0.15) is 0 Å². The molecule has 2 aromatic rings. The van der Waals surface area contributed by atoms with Gasteiger partial charge in [-0.15, -0.1) is 0 Å². The lowest BCUT2D eigenvalue weighted by atomic mass is 9.75. The van der Waals surface area contributed by atoms with Crippen LogP contribution < -0.4 is 10.6 Å². The lowest BCUT2D eigenvalue weighted by Gasteiger charge is -2.46. The molecule has 1 atom stereocenters. The SMILES string of the molecule is CNC(CCN1CCC2(CC1)NC(=O)Cc1ccccc12)(CN(C)C(=O)C(F)(F)F)c1ccc(Cl)c(Cl)c1. The maximum absolute atomic E-state index is 13.2. The molecule has 1 fully saturated rings. The number of carbonyl (C=O) groups excluding carboxylic acids is 2. The Morgan fingerprint density at radius 1 is 1.13 bits per heavy atom. The largest absolute Gasteiger partial charge is 0.471 e. The minimum Gasteiger partial charge on any atom is -0.346 e. The Kier molecular flexibility index (Phi) is 8.33. The summed E-state index contributed by atoms with van der Waals surface area (Å²) in [4.78, 5) is 27.4. The van der Waals surface area contributed by atoms with E-state index in [0.29, 0.717) is 48.0 Å². The number of fused-ring (bicyclic) bond motifs is 2. The Morgan fingerprint density at radius 2 is 1.82 bits per heavy atom. The number of hydrogen-bond donors (Lipinski definition) is 2. The van der Waals surface area contributed by atoms with E-state index >= 15 is 0 Å². The summed E-state index contributed by atoms with van der Waals surface area (Å²) in [7, 11) is 2.81. The van der Waals surface area contributed by atoms with Crippen molar-refractivity contribution in [1.29, 1.82) is 0 Å². The van der Waals surface area contributed by atoms with E-state index in [-0.39, 0.29) is 17.5 Å². The number of rotatable bonds is 7. The number of likely N-dealkylation sites (tertiary alicyclic amines) is 1. The fraction of sp³-hybridized carbons (Fsp3) is 0.481. The summed E-state index contributed by atoms with van der Waals surface area (Å²) in [5, 5.41) is 7.02. The van der Waals surface area contributed by atoms with Crippen LogP contribution in [0, 0.1) is 0 Å². The number of alkyl halides is 3. The van der Waals surface area contributed by atoms with Crippen LogP contribution in [0.1, 0.15) is 36.0 Å². The Labute approximate surface area is 230 Å². The van der Waals surface area contributed by atoms with Crippen molar-refractivity contribution in [2.75, 3.05) is 40.3 Å². The van der Waals surface area contributed by atoms with Crippen molar-refractivity contribution in [2.24, 2.45) is 0 Å². The second kappa shape index (κ2) is 11.0. The summed E-state index contributed by atoms with van der Waals surface area (Å²) >= 11 is 12.4. The van der Waals surface area contributed by atoms with Crippen LogP contribution in [-0.4, -0.2) is 68.1 Å². The second-order valence-electron chi connectivity index (χ2n) is 10.2. The van der Waals surface area contributed by atoms with Crippen molar-refractivity contribution in [3.8, 4) is 0 Å². The van der Waals surface area contributed by atoms with Gasteiger partial charge in [0.2, 0.25) is 5.91 Å². The number of piperidine rings is 1. The Hall–Kier alpha value is -2.33. The van der Waals surface area contributed by atoms with Gasteiger partial charge in [0, 0.05) is 33.2 Å². The minimum absolute atomic E-state index is 0.0170. The number of carbonyl (C=O) groups is 2. The molecule has 2 N–H and O–H groups in total. The molecule has 2 aromatic carbocycles. The molecule has 11 heteroatoms. The topological polar surface area (TPSA) is 64.7 Å². The van der Waals surface area contributed by atoms with Crippen LogP contribution >= 0.6 is 23.2 Å². The van der Waals surface area contributed by atoms with E-state index in [0.717, 1.165) is 31.0 Å². The van der Waals surface area contributed by atoms with Crippen molar-refractivity contribution in [3.63, 3.8) is 0 Å². The van der Waals surface area contributed by atoms with Crippen LogP contribution in [0.4, 0.5) is 13.2 Å². The molecule has 1 saturated heterocycles. The molecule has 38 heavy (non-hydrogen) atoms. The van der Waals surface area contributed by atoms with Gasteiger partial charge in [0.25, 0.3) is 0 Å². The smallest absolute Gasteiger partial charge is 0.346 e. The molecule has 206 valence electrons. The van der Waals surface area contributed by atoms with Crippen LogP contribution in [0.3, 0.4) is 0 Å². The van der Waals surface area contributed by atoms with Crippen LogP contribution in [0.25, 0.3) is 0 Å². The lowest BCUT2D eigenvalue weighted by Crippen LogP contribution is -2.57. The maximum atomic E-state index is 13.2. The van der Waals surface area contributed by atoms with Gasteiger partial charge in [-0.25, -0.2) is 0 Å². The van der Waals surface area contributed by atoms with E-state index < -0.39 is 23.2 Å². The highest BCUT2D eigenvalue weighted by Gasteiger charge is 2.45. The zero-order valence-electron chi connectivity index (χ0n) is 21.3. The van der Waals surface area contributed by atoms with Crippen LogP contribution in [0.15, 0.2) is 42.5 Å². The molecule has 0 bridgehead atoms. The summed E-state index contributed by atoms with van der Waals surface area (Å²) in [5.41, 5.74) is 1.43. The fourth-order valence-electron chi connectivity index (χ4n) is 5.74. The summed E-state index contributed by atoms with van der Waals surface area (Å²) in [6, 6.07) is 13.0. The first kappa shape index (κ1) is 28.7. The molecule has 1 unspecified atom stereocenters. The third kappa shape index (κ3) is 5.81. The van der Waals surface area contributed by atoms with Crippen LogP contribution in [0.5, 0.6) is 0 Å². The van der Waals surface area contributed by atoms with Crippen molar-refractivity contribution < 1.29 is 22.8 Å². The third-order valence-electron chi connectivity index (χ3n) is 7.87. The van der Waals surface area contributed by atoms with Crippen LogP contribution in [0.2, 0.25) is 10.0 Å². The number of hydrogen-bond acceptors (Lipinski definition) is 4. The molecule has 0 aliphatic carbocycles. The van der Waals surface area contributed by atoms with Gasteiger partial charge >= 0.3 is 12.1 Å². The first-order valence-electron chi connectivity index (χ1n) is 12.5. The van der Waals surface area contributed by atoms with Gasteiger partial charge < -0.3 is 20.4 Å². The van der Waals surface area contributed by atoms with E-state index in [4.69, 9.17) is 23.2 Å². The van der Waals surface area contributed by atoms with E-state index in [1.165, 1.54) is 0 Å². The predicted octanol–water partition coefficient (Wildman–Crippen LogP) is 4.48. The average Bonchev–Trinajstić information content (AvgIpc) is 2.88. The number of benzene rings is 2. The summed E-state index contributed by atoms with van der Waals surface area (Å²) in [6.07, 6.45) is -2.75.